The topological polar surface area (TPSA) is 132 Å². The normalized spacial score (nSPS) is 12.6. The molecule has 8 nitrogen and oxygen atoms in total. The molecule has 2 amide bonds. The maximum absolute atomic E-state index is 12.7. The Hall–Kier alpha value is -3.33. The molecule has 1 aromatic heterocycles. The number of aromatic amines is 1. The van der Waals surface area contributed by atoms with Gasteiger partial charge in [0.1, 0.15) is 11.7 Å². The summed E-state index contributed by atoms with van der Waals surface area (Å²) in [6, 6.07) is 14.1. The van der Waals surface area contributed by atoms with Crippen LogP contribution >= 0.6 is 23.2 Å². The first-order valence-electron chi connectivity index (χ1n) is 10.4. The number of carboxylic acid groups (broad SMARTS) is 1. The van der Waals surface area contributed by atoms with Gasteiger partial charge in [-0.15, -0.1) is 0 Å². The largest absolute Gasteiger partial charge is 0.480 e. The molecule has 3 aromatic rings. The Balaban J connectivity index is 1.63. The number of amides is 2. The zero-order valence-corrected chi connectivity index (χ0v) is 19.4. The van der Waals surface area contributed by atoms with Crippen molar-refractivity contribution in [3.8, 4) is 0 Å². The van der Waals surface area contributed by atoms with E-state index in [1.165, 1.54) is 6.07 Å². The molecule has 2 atom stereocenters. The van der Waals surface area contributed by atoms with Crippen LogP contribution in [0.25, 0.3) is 0 Å². The molecule has 0 aliphatic heterocycles. The molecule has 3 rings (SSSR count). The van der Waals surface area contributed by atoms with E-state index in [0.29, 0.717) is 12.8 Å². The molecule has 2 unspecified atom stereocenters. The quantitative estimate of drug-likeness (QED) is 0.288. The third kappa shape index (κ3) is 6.60. The standard InChI is InChI=1S/C24H23Cl2N3O5/c25-16-11-14(8-9-20(30)15-5-2-1-3-6-15)12-17(26)21(16)23(32)29-19(24(33)34)13-28-22(31)18-7-4-10-27-18/h1-7,10-12,19-20,27,30H,8-9,13H2,(H,28,31)(H,29,32)(H,33,34). The summed E-state index contributed by atoms with van der Waals surface area (Å²) in [7, 11) is 0. The minimum Gasteiger partial charge on any atom is -0.480 e. The lowest BCUT2D eigenvalue weighted by molar-refractivity contribution is -0.139. The molecule has 0 spiro atoms. The summed E-state index contributed by atoms with van der Waals surface area (Å²) in [4.78, 5) is 39.1. The van der Waals surface area contributed by atoms with Gasteiger partial charge in [-0.05, 0) is 48.2 Å². The predicted octanol–water partition coefficient (Wildman–Crippen LogP) is 3.60. The average molecular weight is 504 g/mol. The van der Waals surface area contributed by atoms with E-state index in [9.17, 15) is 24.6 Å². The number of carbonyl (C=O) groups is 3. The Kier molecular flexibility index (Phi) is 8.70. The van der Waals surface area contributed by atoms with E-state index in [0.717, 1.165) is 11.1 Å². The van der Waals surface area contributed by atoms with Crippen LogP contribution in [-0.4, -0.2) is 45.6 Å². The highest BCUT2D eigenvalue weighted by Crippen LogP contribution is 2.28. The number of aromatic nitrogens is 1. The summed E-state index contributed by atoms with van der Waals surface area (Å²) < 4.78 is 0. The monoisotopic (exact) mass is 503 g/mol. The van der Waals surface area contributed by atoms with Crippen molar-refractivity contribution in [1.82, 2.24) is 15.6 Å². The minimum absolute atomic E-state index is 0.0498. The van der Waals surface area contributed by atoms with E-state index in [1.54, 1.807) is 24.4 Å². The van der Waals surface area contributed by atoms with E-state index in [1.807, 2.05) is 30.3 Å². The lowest BCUT2D eigenvalue weighted by atomic mass is 10.0. The molecule has 5 N–H and O–H groups in total. The number of aliphatic hydroxyl groups is 1. The molecular weight excluding hydrogens is 481 g/mol. The first-order chi connectivity index (χ1) is 16.3. The van der Waals surface area contributed by atoms with Gasteiger partial charge in [-0.3, -0.25) is 9.59 Å². The Labute approximate surface area is 205 Å². The van der Waals surface area contributed by atoms with Crippen LogP contribution in [0.2, 0.25) is 10.0 Å². The van der Waals surface area contributed by atoms with Crippen LogP contribution in [0.3, 0.4) is 0 Å². The number of aliphatic carboxylic acids is 1. The highest BCUT2D eigenvalue weighted by atomic mass is 35.5. The number of halogens is 2. The maximum atomic E-state index is 12.7. The molecule has 0 fully saturated rings. The first-order valence-corrected chi connectivity index (χ1v) is 11.2. The minimum atomic E-state index is -1.40. The number of carboxylic acids is 1. The fourth-order valence-electron chi connectivity index (χ4n) is 3.32. The zero-order valence-electron chi connectivity index (χ0n) is 17.9. The number of aryl methyl sites for hydroxylation is 1. The van der Waals surface area contributed by atoms with Crippen molar-refractivity contribution in [2.24, 2.45) is 0 Å². The molecule has 178 valence electrons. The summed E-state index contributed by atoms with van der Waals surface area (Å²) in [5.41, 5.74) is 1.69. The summed E-state index contributed by atoms with van der Waals surface area (Å²) in [5.74, 6) is -2.63. The second-order valence-corrected chi connectivity index (χ2v) is 8.37. The summed E-state index contributed by atoms with van der Waals surface area (Å²) >= 11 is 12.6. The Morgan fingerprint density at radius 1 is 0.971 bits per heavy atom. The average Bonchev–Trinajstić information content (AvgIpc) is 3.35. The molecular formula is C24H23Cl2N3O5. The van der Waals surface area contributed by atoms with Gasteiger partial charge in [0.05, 0.1) is 21.7 Å². The van der Waals surface area contributed by atoms with Gasteiger partial charge >= 0.3 is 5.97 Å². The Bertz CT molecular complexity index is 1130. The van der Waals surface area contributed by atoms with Crippen molar-refractivity contribution in [3.63, 3.8) is 0 Å². The van der Waals surface area contributed by atoms with Crippen molar-refractivity contribution < 1.29 is 24.6 Å². The molecule has 0 saturated heterocycles. The molecule has 0 radical (unpaired) electrons. The number of rotatable bonds is 10. The lowest BCUT2D eigenvalue weighted by Crippen LogP contribution is -2.48. The van der Waals surface area contributed by atoms with Crippen LogP contribution in [0.4, 0.5) is 0 Å². The molecule has 1 heterocycles. The van der Waals surface area contributed by atoms with Crippen molar-refractivity contribution >= 4 is 41.0 Å². The fraction of sp³-hybridized carbons (Fsp3) is 0.208. The van der Waals surface area contributed by atoms with Crippen LogP contribution < -0.4 is 10.6 Å². The summed E-state index contributed by atoms with van der Waals surface area (Å²) in [6.07, 6.45) is 1.77. The number of carbonyl (C=O) groups excluding carboxylic acids is 2. The molecule has 2 aromatic carbocycles. The highest BCUT2D eigenvalue weighted by molar-refractivity contribution is 6.39. The van der Waals surface area contributed by atoms with E-state index in [2.05, 4.69) is 15.6 Å². The van der Waals surface area contributed by atoms with Crippen LogP contribution in [-0.2, 0) is 11.2 Å². The van der Waals surface area contributed by atoms with E-state index < -0.39 is 29.9 Å². The number of hydrogen-bond donors (Lipinski definition) is 5. The van der Waals surface area contributed by atoms with Gasteiger partial charge in [-0.1, -0.05) is 53.5 Å². The third-order valence-electron chi connectivity index (χ3n) is 5.13. The number of H-pyrrole nitrogens is 1. The highest BCUT2D eigenvalue weighted by Gasteiger charge is 2.25. The second kappa shape index (κ2) is 11.7. The van der Waals surface area contributed by atoms with Gasteiger partial charge in [-0.2, -0.15) is 0 Å². The van der Waals surface area contributed by atoms with Crippen LogP contribution in [0.15, 0.2) is 60.8 Å². The van der Waals surface area contributed by atoms with Gasteiger partial charge in [0, 0.05) is 12.7 Å². The first kappa shape index (κ1) is 25.3. The molecule has 0 aliphatic carbocycles. The smallest absolute Gasteiger partial charge is 0.328 e. The Morgan fingerprint density at radius 2 is 1.65 bits per heavy atom. The molecule has 34 heavy (non-hydrogen) atoms. The summed E-state index contributed by atoms with van der Waals surface area (Å²) in [6.45, 7) is -0.344. The number of nitrogens with one attached hydrogen (secondary N) is 3. The molecule has 0 saturated carbocycles. The van der Waals surface area contributed by atoms with Gasteiger partial charge in [0.15, 0.2) is 0 Å². The zero-order chi connectivity index (χ0) is 24.7. The van der Waals surface area contributed by atoms with Gasteiger partial charge in [0.25, 0.3) is 11.8 Å². The molecule has 0 bridgehead atoms. The van der Waals surface area contributed by atoms with Crippen LogP contribution in [0, 0.1) is 0 Å². The van der Waals surface area contributed by atoms with E-state index >= 15 is 0 Å². The summed E-state index contributed by atoms with van der Waals surface area (Å²) in [5, 5.41) is 24.7. The van der Waals surface area contributed by atoms with E-state index in [4.69, 9.17) is 23.2 Å². The van der Waals surface area contributed by atoms with Gasteiger partial charge < -0.3 is 25.8 Å². The Morgan fingerprint density at radius 3 is 2.24 bits per heavy atom. The number of benzene rings is 2. The van der Waals surface area contributed by atoms with Crippen molar-refractivity contribution in [2.45, 2.75) is 25.0 Å². The predicted molar refractivity (Wildman–Crippen MR) is 128 cm³/mol. The maximum Gasteiger partial charge on any atom is 0.328 e. The molecule has 10 heteroatoms. The van der Waals surface area contributed by atoms with Crippen molar-refractivity contribution in [2.75, 3.05) is 6.54 Å². The third-order valence-corrected chi connectivity index (χ3v) is 5.73. The van der Waals surface area contributed by atoms with Crippen LogP contribution in [0.5, 0.6) is 0 Å². The fourth-order valence-corrected chi connectivity index (χ4v) is 4.03. The van der Waals surface area contributed by atoms with Crippen molar-refractivity contribution in [1.29, 1.82) is 0 Å². The molecule has 0 aliphatic rings. The van der Waals surface area contributed by atoms with Gasteiger partial charge in [-0.25, -0.2) is 4.79 Å². The second-order valence-electron chi connectivity index (χ2n) is 7.56. The van der Waals surface area contributed by atoms with Crippen molar-refractivity contribution in [3.05, 3.63) is 93.2 Å². The lowest BCUT2D eigenvalue weighted by Gasteiger charge is -2.17. The number of hydrogen-bond acceptors (Lipinski definition) is 4. The van der Waals surface area contributed by atoms with E-state index in [-0.39, 0.29) is 27.8 Å². The SMILES string of the molecule is O=C(NCC(NC(=O)c1c(Cl)cc(CCC(O)c2ccccc2)cc1Cl)C(=O)O)c1ccc[nH]1. The number of aliphatic hydroxyl groups excluding tert-OH is 1. The van der Waals surface area contributed by atoms with Gasteiger partial charge in [0.2, 0.25) is 0 Å². The van der Waals surface area contributed by atoms with Crippen LogP contribution in [0.1, 0.15) is 44.5 Å².